The third-order valence-electron chi connectivity index (χ3n) is 1.97. The SMILES string of the molecule is C=C[C@H](N)[C@@H](O)C[C@H](O)C(C)C. The number of hydrogen-bond donors (Lipinski definition) is 3. The van der Waals surface area contributed by atoms with Crippen LogP contribution in [0.15, 0.2) is 12.7 Å². The molecule has 0 amide bonds. The van der Waals surface area contributed by atoms with Crippen molar-refractivity contribution in [1.29, 1.82) is 0 Å². The Morgan fingerprint density at radius 3 is 2.17 bits per heavy atom. The van der Waals surface area contributed by atoms with Crippen molar-refractivity contribution in [2.45, 2.75) is 38.5 Å². The van der Waals surface area contributed by atoms with E-state index in [1.807, 2.05) is 13.8 Å². The molecule has 0 heterocycles. The lowest BCUT2D eigenvalue weighted by atomic mass is 9.98. The molecule has 4 N–H and O–H groups in total. The van der Waals surface area contributed by atoms with Gasteiger partial charge in [-0.15, -0.1) is 6.58 Å². The highest BCUT2D eigenvalue weighted by Gasteiger charge is 2.18. The van der Waals surface area contributed by atoms with Crippen LogP contribution < -0.4 is 5.73 Å². The average Bonchev–Trinajstić information content (AvgIpc) is 2.02. The third kappa shape index (κ3) is 3.85. The van der Waals surface area contributed by atoms with Crippen LogP contribution >= 0.6 is 0 Å². The summed E-state index contributed by atoms with van der Waals surface area (Å²) < 4.78 is 0. The highest BCUT2D eigenvalue weighted by molar-refractivity contribution is 4.89. The zero-order valence-corrected chi connectivity index (χ0v) is 7.77. The van der Waals surface area contributed by atoms with E-state index in [9.17, 15) is 10.2 Å². The first-order chi connectivity index (χ1) is 5.49. The van der Waals surface area contributed by atoms with Crippen molar-refractivity contribution in [3.63, 3.8) is 0 Å². The van der Waals surface area contributed by atoms with Gasteiger partial charge in [0.15, 0.2) is 0 Å². The summed E-state index contributed by atoms with van der Waals surface area (Å²) in [6.07, 6.45) is 0.605. The molecule has 0 radical (unpaired) electrons. The zero-order valence-electron chi connectivity index (χ0n) is 7.77. The summed E-state index contributed by atoms with van der Waals surface area (Å²) in [5.74, 6) is 0.150. The molecule has 3 nitrogen and oxygen atoms in total. The second-order valence-corrected chi connectivity index (χ2v) is 3.43. The second kappa shape index (κ2) is 5.30. The number of nitrogens with two attached hydrogens (primary N) is 1. The Labute approximate surface area is 73.9 Å². The maximum atomic E-state index is 9.39. The molecule has 0 saturated heterocycles. The van der Waals surface area contributed by atoms with E-state index in [0.717, 1.165) is 0 Å². The molecule has 0 aliphatic heterocycles. The normalized spacial score (nSPS) is 18.8. The molecule has 0 rings (SSSR count). The first-order valence-electron chi connectivity index (χ1n) is 4.23. The van der Waals surface area contributed by atoms with E-state index in [1.54, 1.807) is 0 Å². The molecular formula is C9H19NO2. The fourth-order valence-corrected chi connectivity index (χ4v) is 0.834. The highest BCUT2D eigenvalue weighted by atomic mass is 16.3. The van der Waals surface area contributed by atoms with Crippen molar-refractivity contribution >= 4 is 0 Å². The average molecular weight is 173 g/mol. The summed E-state index contributed by atoms with van der Waals surface area (Å²) in [6, 6.07) is -0.446. The smallest absolute Gasteiger partial charge is 0.0751 e. The Balaban J connectivity index is 3.82. The van der Waals surface area contributed by atoms with Gasteiger partial charge in [-0.3, -0.25) is 0 Å². The van der Waals surface area contributed by atoms with E-state index in [2.05, 4.69) is 6.58 Å². The van der Waals surface area contributed by atoms with Crippen molar-refractivity contribution in [2.75, 3.05) is 0 Å². The molecule has 0 bridgehead atoms. The number of aliphatic hydroxyl groups is 2. The van der Waals surface area contributed by atoms with Crippen LogP contribution in [0.2, 0.25) is 0 Å². The van der Waals surface area contributed by atoms with Crippen LogP contribution in [-0.4, -0.2) is 28.5 Å². The van der Waals surface area contributed by atoms with Gasteiger partial charge in [-0.1, -0.05) is 19.9 Å². The highest BCUT2D eigenvalue weighted by Crippen LogP contribution is 2.10. The van der Waals surface area contributed by atoms with E-state index >= 15 is 0 Å². The van der Waals surface area contributed by atoms with Crippen LogP contribution in [0.1, 0.15) is 20.3 Å². The lowest BCUT2D eigenvalue weighted by molar-refractivity contribution is 0.0484. The minimum Gasteiger partial charge on any atom is -0.393 e. The largest absolute Gasteiger partial charge is 0.393 e. The predicted molar refractivity (Wildman–Crippen MR) is 49.6 cm³/mol. The predicted octanol–water partition coefficient (Wildman–Crippen LogP) is 0.268. The molecule has 0 aliphatic carbocycles. The fraction of sp³-hybridized carbons (Fsp3) is 0.778. The summed E-state index contributed by atoms with van der Waals surface area (Å²) in [5.41, 5.74) is 5.49. The van der Waals surface area contributed by atoms with E-state index in [0.29, 0.717) is 6.42 Å². The van der Waals surface area contributed by atoms with Crippen molar-refractivity contribution in [2.24, 2.45) is 11.7 Å². The maximum absolute atomic E-state index is 9.39. The number of aliphatic hydroxyl groups excluding tert-OH is 2. The molecule has 72 valence electrons. The maximum Gasteiger partial charge on any atom is 0.0751 e. The van der Waals surface area contributed by atoms with Gasteiger partial charge in [0.05, 0.1) is 12.2 Å². The monoisotopic (exact) mass is 173 g/mol. The fourth-order valence-electron chi connectivity index (χ4n) is 0.834. The Kier molecular flexibility index (Phi) is 5.13. The van der Waals surface area contributed by atoms with Gasteiger partial charge in [0.1, 0.15) is 0 Å². The van der Waals surface area contributed by atoms with Crippen LogP contribution in [0.4, 0.5) is 0 Å². The van der Waals surface area contributed by atoms with Crippen LogP contribution in [0.5, 0.6) is 0 Å². The first-order valence-corrected chi connectivity index (χ1v) is 4.23. The van der Waals surface area contributed by atoms with Gasteiger partial charge in [-0.05, 0) is 5.92 Å². The lowest BCUT2D eigenvalue weighted by Gasteiger charge is -2.21. The zero-order chi connectivity index (χ0) is 9.72. The molecule has 3 atom stereocenters. The molecule has 3 heteroatoms. The molecule has 0 aromatic rings. The van der Waals surface area contributed by atoms with Gasteiger partial charge < -0.3 is 15.9 Å². The van der Waals surface area contributed by atoms with Gasteiger partial charge in [0.2, 0.25) is 0 Å². The molecule has 0 aromatic carbocycles. The van der Waals surface area contributed by atoms with E-state index < -0.39 is 18.2 Å². The summed E-state index contributed by atoms with van der Waals surface area (Å²) in [5, 5.41) is 18.8. The second-order valence-electron chi connectivity index (χ2n) is 3.43. The standard InChI is InChI=1S/C9H19NO2/c1-4-7(10)9(12)5-8(11)6(2)3/h4,6-9,11-12H,1,5,10H2,2-3H3/t7-,8-,9-/m0/s1. The van der Waals surface area contributed by atoms with Crippen molar-refractivity contribution in [3.05, 3.63) is 12.7 Å². The van der Waals surface area contributed by atoms with Gasteiger partial charge in [-0.2, -0.15) is 0 Å². The van der Waals surface area contributed by atoms with Crippen LogP contribution in [0, 0.1) is 5.92 Å². The topological polar surface area (TPSA) is 66.5 Å². The Morgan fingerprint density at radius 2 is 1.83 bits per heavy atom. The molecule has 0 aromatic heterocycles. The van der Waals surface area contributed by atoms with Crippen molar-refractivity contribution in [3.8, 4) is 0 Å². The van der Waals surface area contributed by atoms with E-state index in [-0.39, 0.29) is 5.92 Å². The molecule has 0 spiro atoms. The molecule has 0 unspecified atom stereocenters. The Morgan fingerprint density at radius 1 is 1.33 bits per heavy atom. The first kappa shape index (κ1) is 11.6. The van der Waals surface area contributed by atoms with Gasteiger partial charge >= 0.3 is 0 Å². The Bertz CT molecular complexity index is 136. The number of rotatable bonds is 5. The summed E-state index contributed by atoms with van der Waals surface area (Å²) in [7, 11) is 0. The quantitative estimate of drug-likeness (QED) is 0.523. The minimum atomic E-state index is -0.695. The lowest BCUT2D eigenvalue weighted by Crippen LogP contribution is -2.36. The molecule has 0 fully saturated rings. The minimum absolute atomic E-state index is 0.150. The van der Waals surface area contributed by atoms with Crippen molar-refractivity contribution < 1.29 is 10.2 Å². The number of hydrogen-bond acceptors (Lipinski definition) is 3. The van der Waals surface area contributed by atoms with Crippen LogP contribution in [0.25, 0.3) is 0 Å². The van der Waals surface area contributed by atoms with Crippen molar-refractivity contribution in [1.82, 2.24) is 0 Å². The van der Waals surface area contributed by atoms with Gasteiger partial charge in [0.25, 0.3) is 0 Å². The molecule has 0 aliphatic rings. The Hall–Kier alpha value is -0.380. The van der Waals surface area contributed by atoms with Crippen LogP contribution in [0.3, 0.4) is 0 Å². The van der Waals surface area contributed by atoms with Gasteiger partial charge in [-0.25, -0.2) is 0 Å². The van der Waals surface area contributed by atoms with E-state index in [1.165, 1.54) is 6.08 Å². The summed E-state index contributed by atoms with van der Waals surface area (Å²) in [4.78, 5) is 0. The molecular weight excluding hydrogens is 154 g/mol. The van der Waals surface area contributed by atoms with Gasteiger partial charge in [0, 0.05) is 12.5 Å². The third-order valence-corrected chi connectivity index (χ3v) is 1.97. The molecule has 12 heavy (non-hydrogen) atoms. The van der Waals surface area contributed by atoms with E-state index in [4.69, 9.17) is 5.73 Å². The molecule has 0 saturated carbocycles. The summed E-state index contributed by atoms with van der Waals surface area (Å²) in [6.45, 7) is 7.27. The van der Waals surface area contributed by atoms with Crippen LogP contribution in [-0.2, 0) is 0 Å². The summed E-state index contributed by atoms with van der Waals surface area (Å²) >= 11 is 0.